The Morgan fingerprint density at radius 3 is 2.47 bits per heavy atom. The summed E-state index contributed by atoms with van der Waals surface area (Å²) >= 11 is 1.47. The molecule has 0 aromatic carbocycles. The number of rotatable bonds is 5. The van der Waals surface area contributed by atoms with Crippen molar-refractivity contribution in [2.45, 2.75) is 20.0 Å². The zero-order valence-electron chi connectivity index (χ0n) is 11.8. The molecule has 0 aliphatic heterocycles. The van der Waals surface area contributed by atoms with Crippen LogP contribution in [-0.4, -0.2) is 40.6 Å². The van der Waals surface area contributed by atoms with E-state index in [1.54, 1.807) is 0 Å². The molecule has 2 aromatic heterocycles. The van der Waals surface area contributed by atoms with Gasteiger partial charge in [-0.3, -0.25) is 4.90 Å². The third-order valence-corrected chi connectivity index (χ3v) is 3.69. The number of aromatic nitrogens is 3. The topological polar surface area (TPSA) is 45.2 Å². The molecule has 2 aromatic rings. The summed E-state index contributed by atoms with van der Waals surface area (Å²) in [6.45, 7) is 3.75. The number of aryl methyl sites for hydroxylation is 1. The molecule has 6 heteroatoms. The van der Waals surface area contributed by atoms with Gasteiger partial charge < -0.3 is 4.90 Å². The molecule has 0 aliphatic rings. The quantitative estimate of drug-likeness (QED) is 0.835. The van der Waals surface area contributed by atoms with E-state index in [-0.39, 0.29) is 0 Å². The first-order chi connectivity index (χ1) is 9.06. The Labute approximate surface area is 118 Å². The van der Waals surface area contributed by atoms with Gasteiger partial charge >= 0.3 is 0 Å². The second kappa shape index (κ2) is 6.08. The minimum Gasteiger partial charge on any atom is -0.363 e. The van der Waals surface area contributed by atoms with Gasteiger partial charge in [0.15, 0.2) is 0 Å². The van der Waals surface area contributed by atoms with Gasteiger partial charge in [0, 0.05) is 33.4 Å². The fourth-order valence-corrected chi connectivity index (χ4v) is 2.50. The molecule has 0 saturated carbocycles. The molecule has 0 N–H and O–H groups in total. The van der Waals surface area contributed by atoms with Crippen LogP contribution < -0.4 is 4.90 Å². The molecule has 2 heterocycles. The Bertz CT molecular complexity index is 520. The Morgan fingerprint density at radius 2 is 1.95 bits per heavy atom. The number of nitrogens with zero attached hydrogens (tertiary/aromatic N) is 5. The highest BCUT2D eigenvalue weighted by Gasteiger charge is 2.08. The number of hydrogen-bond donors (Lipinski definition) is 0. The van der Waals surface area contributed by atoms with Crippen molar-refractivity contribution in [1.82, 2.24) is 19.5 Å². The Balaban J connectivity index is 1.95. The molecule has 0 aliphatic carbocycles. The third kappa shape index (κ3) is 3.71. The average Bonchev–Trinajstić information content (AvgIpc) is 2.75. The summed E-state index contributed by atoms with van der Waals surface area (Å²) in [7, 11) is 6.08. The molecule has 0 radical (unpaired) electrons. The Morgan fingerprint density at radius 1 is 1.16 bits per heavy atom. The van der Waals surface area contributed by atoms with Crippen LogP contribution in [0.2, 0.25) is 0 Å². The van der Waals surface area contributed by atoms with Crippen molar-refractivity contribution in [2.24, 2.45) is 0 Å². The molecule has 0 saturated heterocycles. The zero-order valence-corrected chi connectivity index (χ0v) is 12.6. The molecule has 2 rings (SSSR count). The van der Waals surface area contributed by atoms with Gasteiger partial charge in [0.25, 0.3) is 0 Å². The number of hydrogen-bond acceptors (Lipinski definition) is 6. The van der Waals surface area contributed by atoms with Crippen molar-refractivity contribution < 1.29 is 0 Å². The van der Waals surface area contributed by atoms with Gasteiger partial charge in [-0.05, 0) is 37.1 Å². The van der Waals surface area contributed by atoms with E-state index < -0.39 is 0 Å². The maximum Gasteiger partial charge on any atom is 0.127 e. The van der Waals surface area contributed by atoms with Crippen molar-refractivity contribution in [3.05, 3.63) is 34.5 Å². The summed E-state index contributed by atoms with van der Waals surface area (Å²) in [6, 6.07) is 4.17. The van der Waals surface area contributed by atoms with Crippen LogP contribution in [0.3, 0.4) is 0 Å². The van der Waals surface area contributed by atoms with E-state index in [0.717, 1.165) is 24.6 Å². The van der Waals surface area contributed by atoms with E-state index >= 15 is 0 Å². The molecule has 0 atom stereocenters. The highest BCUT2D eigenvalue weighted by Crippen LogP contribution is 2.14. The van der Waals surface area contributed by atoms with Gasteiger partial charge in [0.1, 0.15) is 5.82 Å². The fourth-order valence-electron chi connectivity index (χ4n) is 1.78. The highest BCUT2D eigenvalue weighted by molar-refractivity contribution is 7.05. The lowest BCUT2D eigenvalue weighted by Gasteiger charge is -2.16. The first-order valence-corrected chi connectivity index (χ1v) is 6.92. The van der Waals surface area contributed by atoms with Crippen LogP contribution in [0.4, 0.5) is 5.82 Å². The monoisotopic (exact) mass is 277 g/mol. The van der Waals surface area contributed by atoms with E-state index in [1.807, 2.05) is 38.2 Å². The van der Waals surface area contributed by atoms with Crippen LogP contribution >= 0.6 is 11.5 Å². The lowest BCUT2D eigenvalue weighted by atomic mass is 10.2. The largest absolute Gasteiger partial charge is 0.363 e. The van der Waals surface area contributed by atoms with Gasteiger partial charge in [0.05, 0.1) is 10.6 Å². The molecule has 0 bridgehead atoms. The van der Waals surface area contributed by atoms with Crippen molar-refractivity contribution in [3.63, 3.8) is 0 Å². The smallest absolute Gasteiger partial charge is 0.127 e. The molecule has 0 unspecified atom stereocenters. The van der Waals surface area contributed by atoms with Gasteiger partial charge in [-0.2, -0.15) is 0 Å². The van der Waals surface area contributed by atoms with Crippen molar-refractivity contribution in [2.75, 3.05) is 26.0 Å². The minimum atomic E-state index is 0.873. The normalized spacial score (nSPS) is 11.0. The summed E-state index contributed by atoms with van der Waals surface area (Å²) in [5, 5.41) is 4.03. The van der Waals surface area contributed by atoms with Gasteiger partial charge in [-0.1, -0.05) is 10.6 Å². The lowest BCUT2D eigenvalue weighted by Crippen LogP contribution is -2.17. The Kier molecular flexibility index (Phi) is 4.44. The summed E-state index contributed by atoms with van der Waals surface area (Å²) in [5.74, 6) is 0.980. The summed E-state index contributed by atoms with van der Waals surface area (Å²) < 4.78 is 3.96. The minimum absolute atomic E-state index is 0.873. The highest BCUT2D eigenvalue weighted by atomic mass is 32.1. The van der Waals surface area contributed by atoms with E-state index in [0.29, 0.717) is 0 Å². The molecule has 19 heavy (non-hydrogen) atoms. The first kappa shape index (κ1) is 13.9. The standard InChI is InChI=1S/C13H19N5S/c1-10-12(19-16-15-10)9-18(4)8-11-5-6-13(14-7-11)17(2)3/h5-7H,8-9H2,1-4H3. The Hall–Kier alpha value is -1.53. The van der Waals surface area contributed by atoms with E-state index in [9.17, 15) is 0 Å². The average molecular weight is 277 g/mol. The van der Waals surface area contributed by atoms with Gasteiger partial charge in [0.2, 0.25) is 0 Å². The maximum atomic E-state index is 4.42. The van der Waals surface area contributed by atoms with Gasteiger partial charge in [-0.25, -0.2) is 4.98 Å². The van der Waals surface area contributed by atoms with Crippen LogP contribution in [0.5, 0.6) is 0 Å². The molecule has 0 amide bonds. The molecule has 0 spiro atoms. The maximum absolute atomic E-state index is 4.42. The SMILES string of the molecule is Cc1nnsc1CN(C)Cc1ccc(N(C)C)nc1. The van der Waals surface area contributed by atoms with Crippen LogP contribution in [-0.2, 0) is 13.1 Å². The first-order valence-electron chi connectivity index (χ1n) is 6.15. The van der Waals surface area contributed by atoms with Crippen molar-refractivity contribution in [1.29, 1.82) is 0 Å². The molecular weight excluding hydrogens is 258 g/mol. The van der Waals surface area contributed by atoms with E-state index in [4.69, 9.17) is 0 Å². The van der Waals surface area contributed by atoms with E-state index in [1.165, 1.54) is 22.0 Å². The summed E-state index contributed by atoms with van der Waals surface area (Å²) in [6.07, 6.45) is 1.93. The van der Waals surface area contributed by atoms with Crippen molar-refractivity contribution >= 4 is 17.4 Å². The third-order valence-electron chi connectivity index (χ3n) is 2.88. The molecule has 102 valence electrons. The number of anilines is 1. The summed E-state index contributed by atoms with van der Waals surface area (Å²) in [5.41, 5.74) is 2.24. The molecule has 0 fully saturated rings. The number of pyridine rings is 1. The van der Waals surface area contributed by atoms with Gasteiger partial charge in [-0.15, -0.1) is 5.10 Å². The lowest BCUT2D eigenvalue weighted by molar-refractivity contribution is 0.321. The second-order valence-corrected chi connectivity index (χ2v) is 5.71. The van der Waals surface area contributed by atoms with E-state index in [2.05, 4.69) is 32.6 Å². The molecular formula is C13H19N5S. The second-order valence-electron chi connectivity index (χ2n) is 4.87. The predicted octanol–water partition coefficient (Wildman–Crippen LogP) is 1.94. The fraction of sp³-hybridized carbons (Fsp3) is 0.462. The van der Waals surface area contributed by atoms with Crippen LogP contribution in [0.15, 0.2) is 18.3 Å². The van der Waals surface area contributed by atoms with Crippen LogP contribution in [0.25, 0.3) is 0 Å². The predicted molar refractivity (Wildman–Crippen MR) is 78.4 cm³/mol. The van der Waals surface area contributed by atoms with Crippen LogP contribution in [0.1, 0.15) is 16.1 Å². The molecule has 5 nitrogen and oxygen atoms in total. The zero-order chi connectivity index (χ0) is 13.8. The van der Waals surface area contributed by atoms with Crippen molar-refractivity contribution in [3.8, 4) is 0 Å². The van der Waals surface area contributed by atoms with Crippen LogP contribution in [0, 0.1) is 6.92 Å². The summed E-state index contributed by atoms with van der Waals surface area (Å²) in [4.78, 5) is 9.89.